The number of halogens is 3. The smallest absolute Gasteiger partial charge is 0.454 e. The van der Waals surface area contributed by atoms with Crippen LogP contribution in [0.4, 0.5) is 13.2 Å². The average Bonchev–Trinajstić information content (AvgIpc) is 2.35. The Hall–Kier alpha value is -1.72. The van der Waals surface area contributed by atoms with Crippen molar-refractivity contribution in [1.29, 1.82) is 0 Å². The van der Waals surface area contributed by atoms with Crippen LogP contribution >= 0.6 is 0 Å². The molecule has 112 valence electrons. The quantitative estimate of drug-likeness (QED) is 0.764. The fourth-order valence-corrected chi connectivity index (χ4v) is 2.10. The Morgan fingerprint density at radius 2 is 1.60 bits per heavy atom. The third-order valence-corrected chi connectivity index (χ3v) is 3.10. The van der Waals surface area contributed by atoms with Gasteiger partial charge in [-0.2, -0.15) is 0 Å². The second-order valence-corrected chi connectivity index (χ2v) is 4.37. The van der Waals surface area contributed by atoms with E-state index in [1.165, 1.54) is 31.2 Å². The highest BCUT2D eigenvalue weighted by molar-refractivity contribution is 5.66. The summed E-state index contributed by atoms with van der Waals surface area (Å²) in [5, 5.41) is 0. The fourth-order valence-electron chi connectivity index (χ4n) is 2.10. The van der Waals surface area contributed by atoms with Crippen molar-refractivity contribution in [1.82, 2.24) is 0 Å². The molecule has 0 bridgehead atoms. The zero-order valence-corrected chi connectivity index (χ0v) is 11.6. The number of carbonyl (C=O) groups is 1. The molecule has 0 aliphatic rings. The number of carbonyl (C=O) groups excluding carboxylic acids is 1. The minimum absolute atomic E-state index is 0.301. The van der Waals surface area contributed by atoms with Crippen LogP contribution in [0.15, 0.2) is 24.3 Å². The van der Waals surface area contributed by atoms with Gasteiger partial charge in [-0.05, 0) is 30.5 Å². The average molecular weight is 290 g/mol. The molecule has 3 nitrogen and oxygen atoms in total. The number of alkyl halides is 3. The van der Waals surface area contributed by atoms with Gasteiger partial charge in [0, 0.05) is 6.92 Å². The van der Waals surface area contributed by atoms with E-state index in [4.69, 9.17) is 4.74 Å². The summed E-state index contributed by atoms with van der Waals surface area (Å²) >= 11 is 0. The molecular formula is C14H17F3O3. The van der Waals surface area contributed by atoms with Gasteiger partial charge in [0.15, 0.2) is 0 Å². The highest BCUT2D eigenvalue weighted by Gasteiger charge is 2.33. The van der Waals surface area contributed by atoms with E-state index in [0.29, 0.717) is 18.4 Å². The van der Waals surface area contributed by atoms with Crippen LogP contribution in [-0.2, 0) is 15.1 Å². The predicted molar refractivity (Wildman–Crippen MR) is 67.2 cm³/mol. The van der Waals surface area contributed by atoms with Gasteiger partial charge in [-0.15, -0.1) is 13.2 Å². The van der Waals surface area contributed by atoms with Gasteiger partial charge in [0.25, 0.3) is 0 Å². The van der Waals surface area contributed by atoms with Crippen LogP contribution in [0.5, 0.6) is 5.75 Å². The first-order valence-corrected chi connectivity index (χ1v) is 6.28. The second kappa shape index (κ2) is 6.15. The summed E-state index contributed by atoms with van der Waals surface area (Å²) < 4.78 is 45.4. The minimum Gasteiger partial charge on any atom is -0.454 e. The van der Waals surface area contributed by atoms with E-state index in [-0.39, 0.29) is 5.75 Å². The fraction of sp³-hybridized carbons (Fsp3) is 0.500. The van der Waals surface area contributed by atoms with Crippen molar-refractivity contribution in [3.05, 3.63) is 29.8 Å². The van der Waals surface area contributed by atoms with E-state index >= 15 is 0 Å². The Kier molecular flexibility index (Phi) is 5.03. The van der Waals surface area contributed by atoms with E-state index in [9.17, 15) is 18.0 Å². The lowest BCUT2D eigenvalue weighted by molar-refractivity contribution is -0.274. The molecule has 0 radical (unpaired) electrons. The monoisotopic (exact) mass is 290 g/mol. The van der Waals surface area contributed by atoms with Crippen molar-refractivity contribution in [2.45, 2.75) is 45.6 Å². The number of ether oxygens (including phenoxy) is 2. The molecule has 0 atom stereocenters. The number of rotatable bonds is 5. The molecule has 0 spiro atoms. The van der Waals surface area contributed by atoms with Gasteiger partial charge in [-0.1, -0.05) is 26.0 Å². The molecule has 0 aliphatic carbocycles. The number of esters is 1. The first-order valence-electron chi connectivity index (χ1n) is 6.28. The van der Waals surface area contributed by atoms with E-state index in [2.05, 4.69) is 4.74 Å². The van der Waals surface area contributed by atoms with E-state index in [1.54, 1.807) is 0 Å². The Balaban J connectivity index is 3.02. The molecular weight excluding hydrogens is 273 g/mol. The molecule has 0 saturated heterocycles. The summed E-state index contributed by atoms with van der Waals surface area (Å²) in [4.78, 5) is 11.2. The van der Waals surface area contributed by atoms with Crippen molar-refractivity contribution >= 4 is 5.97 Å². The van der Waals surface area contributed by atoms with Crippen LogP contribution < -0.4 is 4.74 Å². The van der Waals surface area contributed by atoms with Gasteiger partial charge in [0.05, 0.1) is 0 Å². The molecule has 0 heterocycles. The van der Waals surface area contributed by atoms with Crippen molar-refractivity contribution in [2.24, 2.45) is 0 Å². The van der Waals surface area contributed by atoms with Crippen molar-refractivity contribution in [3.63, 3.8) is 0 Å². The zero-order chi connectivity index (χ0) is 15.4. The molecule has 1 aromatic carbocycles. The SMILES string of the molecule is CCC(CC)(OC(C)=O)c1ccc(OC(F)(F)F)cc1. The molecule has 1 aromatic rings. The number of hydrogen-bond acceptors (Lipinski definition) is 3. The summed E-state index contributed by atoms with van der Waals surface area (Å²) in [5.41, 5.74) is -0.171. The molecule has 0 unspecified atom stereocenters. The predicted octanol–water partition coefficient (Wildman–Crippen LogP) is 4.16. The maximum atomic E-state index is 12.1. The molecule has 0 N–H and O–H groups in total. The molecule has 0 amide bonds. The van der Waals surface area contributed by atoms with E-state index in [0.717, 1.165) is 0 Å². The Morgan fingerprint density at radius 1 is 1.10 bits per heavy atom. The highest BCUT2D eigenvalue weighted by atomic mass is 19.4. The summed E-state index contributed by atoms with van der Waals surface area (Å²) in [6.07, 6.45) is -3.66. The lowest BCUT2D eigenvalue weighted by atomic mass is 9.88. The van der Waals surface area contributed by atoms with Crippen LogP contribution in [0.25, 0.3) is 0 Å². The van der Waals surface area contributed by atoms with Crippen LogP contribution in [0.2, 0.25) is 0 Å². The van der Waals surface area contributed by atoms with Crippen molar-refractivity contribution < 1.29 is 27.4 Å². The van der Waals surface area contributed by atoms with Gasteiger partial charge in [0.2, 0.25) is 0 Å². The second-order valence-electron chi connectivity index (χ2n) is 4.37. The Labute approximate surface area is 115 Å². The maximum absolute atomic E-state index is 12.1. The minimum atomic E-state index is -4.72. The standard InChI is InChI=1S/C14H17F3O3/c1-4-13(5-2,19-10(3)18)11-6-8-12(9-7-11)20-14(15,16)17/h6-9H,4-5H2,1-3H3. The summed E-state index contributed by atoms with van der Waals surface area (Å²) in [6, 6.07) is 5.40. The maximum Gasteiger partial charge on any atom is 0.573 e. The van der Waals surface area contributed by atoms with Gasteiger partial charge in [0.1, 0.15) is 11.4 Å². The summed E-state index contributed by atoms with van der Waals surface area (Å²) in [6.45, 7) is 5.01. The molecule has 0 saturated carbocycles. The van der Waals surface area contributed by atoms with E-state index in [1.807, 2.05) is 13.8 Å². The van der Waals surface area contributed by atoms with Gasteiger partial charge in [-0.25, -0.2) is 0 Å². The Morgan fingerprint density at radius 3 is 1.95 bits per heavy atom. The molecule has 0 aromatic heterocycles. The van der Waals surface area contributed by atoms with Crippen LogP contribution in [0.3, 0.4) is 0 Å². The van der Waals surface area contributed by atoms with Crippen LogP contribution in [0, 0.1) is 0 Å². The summed E-state index contributed by atoms with van der Waals surface area (Å²) in [5.74, 6) is -0.727. The Bertz CT molecular complexity index is 448. The molecule has 1 rings (SSSR count). The lowest BCUT2D eigenvalue weighted by Gasteiger charge is -2.31. The number of benzene rings is 1. The van der Waals surface area contributed by atoms with Crippen LogP contribution in [-0.4, -0.2) is 12.3 Å². The topological polar surface area (TPSA) is 35.5 Å². The first-order chi connectivity index (χ1) is 9.22. The van der Waals surface area contributed by atoms with Crippen molar-refractivity contribution in [2.75, 3.05) is 0 Å². The van der Waals surface area contributed by atoms with Gasteiger partial charge < -0.3 is 9.47 Å². The largest absolute Gasteiger partial charge is 0.573 e. The third kappa shape index (κ3) is 4.15. The molecule has 6 heteroatoms. The normalized spacial score (nSPS) is 12.1. The number of hydrogen-bond donors (Lipinski definition) is 0. The molecule has 20 heavy (non-hydrogen) atoms. The zero-order valence-electron chi connectivity index (χ0n) is 11.6. The van der Waals surface area contributed by atoms with Crippen LogP contribution in [0.1, 0.15) is 39.2 Å². The highest BCUT2D eigenvalue weighted by Crippen LogP contribution is 2.34. The molecule has 0 fully saturated rings. The van der Waals surface area contributed by atoms with Gasteiger partial charge >= 0.3 is 12.3 Å². The van der Waals surface area contributed by atoms with Crippen molar-refractivity contribution in [3.8, 4) is 5.75 Å². The third-order valence-electron chi connectivity index (χ3n) is 3.10. The van der Waals surface area contributed by atoms with E-state index < -0.39 is 17.9 Å². The first kappa shape index (κ1) is 16.3. The summed E-state index contributed by atoms with van der Waals surface area (Å²) in [7, 11) is 0. The lowest BCUT2D eigenvalue weighted by Crippen LogP contribution is -2.30. The van der Waals surface area contributed by atoms with Gasteiger partial charge in [-0.3, -0.25) is 4.79 Å². The molecule has 0 aliphatic heterocycles.